The second-order valence-electron chi connectivity index (χ2n) is 6.48. The van der Waals surface area contributed by atoms with Crippen LogP contribution < -0.4 is 10.5 Å². The number of rotatable bonds is 5. The van der Waals surface area contributed by atoms with E-state index in [-0.39, 0.29) is 34.1 Å². The highest BCUT2D eigenvalue weighted by molar-refractivity contribution is 7.92. The number of hydrogen-bond donors (Lipinski definition) is 3. The normalized spacial score (nSPS) is 20.3. The molecule has 9 heteroatoms. The Kier molecular flexibility index (Phi) is 5.01. The molecule has 2 heterocycles. The average Bonchev–Trinajstić information content (AvgIpc) is 3.23. The molecule has 0 aliphatic carbocycles. The minimum Gasteiger partial charge on any atom is -0.356 e. The zero-order chi connectivity index (χ0) is 18.9. The topological polar surface area (TPSA) is 108 Å². The average molecular weight is 380 g/mol. The Balaban J connectivity index is 1.79. The van der Waals surface area contributed by atoms with Crippen LogP contribution in [0.5, 0.6) is 0 Å². The molecule has 0 bridgehead atoms. The van der Waals surface area contributed by atoms with Crippen LogP contribution in [-0.4, -0.2) is 43.3 Å². The van der Waals surface area contributed by atoms with Crippen LogP contribution in [0.1, 0.15) is 23.8 Å². The van der Waals surface area contributed by atoms with Crippen molar-refractivity contribution in [1.82, 2.24) is 9.88 Å². The number of hydrogen-bond acceptors (Lipinski definition) is 4. The quantitative estimate of drug-likeness (QED) is 0.734. The number of carbonyl (C=O) groups excluding carboxylic acids is 1. The van der Waals surface area contributed by atoms with Gasteiger partial charge in [-0.05, 0) is 44.0 Å². The Hall–Kier alpha value is -2.39. The van der Waals surface area contributed by atoms with E-state index in [0.29, 0.717) is 13.1 Å². The van der Waals surface area contributed by atoms with Crippen LogP contribution in [-0.2, 0) is 10.0 Å². The van der Waals surface area contributed by atoms with E-state index in [4.69, 9.17) is 5.73 Å². The Morgan fingerprint density at radius 1 is 1.42 bits per heavy atom. The van der Waals surface area contributed by atoms with Gasteiger partial charge in [-0.1, -0.05) is 12.1 Å². The molecule has 2 aromatic rings. The van der Waals surface area contributed by atoms with Gasteiger partial charge in [0.2, 0.25) is 0 Å². The van der Waals surface area contributed by atoms with Crippen LogP contribution in [0.15, 0.2) is 41.4 Å². The number of halogens is 1. The highest BCUT2D eigenvalue weighted by Crippen LogP contribution is 2.25. The molecule has 1 saturated heterocycles. The van der Waals surface area contributed by atoms with Crippen molar-refractivity contribution in [3.05, 3.63) is 48.0 Å². The van der Waals surface area contributed by atoms with E-state index in [1.807, 2.05) is 6.92 Å². The number of amides is 1. The molecule has 1 aliphatic heterocycles. The number of H-pyrrole nitrogens is 1. The standard InChI is InChI=1S/C17H21FN4O3S/c1-11-6-12(8-19)10-22(11)17(23)16-7-13(9-20-16)26(24,25)21-15-5-3-2-4-14(15)18/h2-5,7,9,11-12,20-21H,6,8,10,19H2,1H3. The minimum absolute atomic E-state index is 0.0379. The fourth-order valence-corrected chi connectivity index (χ4v) is 4.21. The predicted octanol–water partition coefficient (Wildman–Crippen LogP) is 1.76. The molecule has 1 aliphatic rings. The van der Waals surface area contributed by atoms with Gasteiger partial charge < -0.3 is 15.6 Å². The fraction of sp³-hybridized carbons (Fsp3) is 0.353. The van der Waals surface area contributed by atoms with E-state index in [2.05, 4.69) is 9.71 Å². The number of benzene rings is 1. The number of nitrogens with two attached hydrogens (primary N) is 1. The lowest BCUT2D eigenvalue weighted by Crippen LogP contribution is -2.34. The smallest absolute Gasteiger partial charge is 0.270 e. The maximum absolute atomic E-state index is 13.7. The maximum atomic E-state index is 13.7. The summed E-state index contributed by atoms with van der Waals surface area (Å²) >= 11 is 0. The van der Waals surface area contributed by atoms with Crippen LogP contribution in [0, 0.1) is 11.7 Å². The van der Waals surface area contributed by atoms with Gasteiger partial charge in [0.1, 0.15) is 16.4 Å². The van der Waals surface area contributed by atoms with Crippen LogP contribution in [0.3, 0.4) is 0 Å². The Bertz CT molecular complexity index is 912. The predicted molar refractivity (Wildman–Crippen MR) is 95.7 cm³/mol. The summed E-state index contributed by atoms with van der Waals surface area (Å²) in [5.41, 5.74) is 5.70. The molecule has 7 nitrogen and oxygen atoms in total. The lowest BCUT2D eigenvalue weighted by molar-refractivity contribution is 0.0738. The summed E-state index contributed by atoms with van der Waals surface area (Å²) in [5, 5.41) is 0. The summed E-state index contributed by atoms with van der Waals surface area (Å²) in [6.07, 6.45) is 2.04. The highest BCUT2D eigenvalue weighted by Gasteiger charge is 2.33. The molecule has 1 aromatic carbocycles. The monoisotopic (exact) mass is 380 g/mol. The number of anilines is 1. The van der Waals surface area contributed by atoms with Crippen LogP contribution in [0.4, 0.5) is 10.1 Å². The molecule has 4 N–H and O–H groups in total. The molecule has 0 spiro atoms. The number of aromatic nitrogens is 1. The summed E-state index contributed by atoms with van der Waals surface area (Å²) in [6.45, 7) is 2.99. The van der Waals surface area contributed by atoms with Gasteiger partial charge in [-0.2, -0.15) is 0 Å². The highest BCUT2D eigenvalue weighted by atomic mass is 32.2. The summed E-state index contributed by atoms with van der Waals surface area (Å²) in [4.78, 5) is 16.9. The second kappa shape index (κ2) is 7.08. The van der Waals surface area contributed by atoms with Crippen LogP contribution in [0.25, 0.3) is 0 Å². The van der Waals surface area contributed by atoms with E-state index in [1.165, 1.54) is 30.5 Å². The van der Waals surface area contributed by atoms with Gasteiger partial charge in [-0.3, -0.25) is 9.52 Å². The van der Waals surface area contributed by atoms with Crippen molar-refractivity contribution in [1.29, 1.82) is 0 Å². The van der Waals surface area contributed by atoms with Gasteiger partial charge in [-0.25, -0.2) is 12.8 Å². The summed E-state index contributed by atoms with van der Waals surface area (Å²) < 4.78 is 40.7. The van der Waals surface area contributed by atoms with Gasteiger partial charge in [0.25, 0.3) is 15.9 Å². The molecule has 2 atom stereocenters. The van der Waals surface area contributed by atoms with Crippen molar-refractivity contribution in [2.45, 2.75) is 24.3 Å². The van der Waals surface area contributed by atoms with Crippen LogP contribution >= 0.6 is 0 Å². The molecule has 3 rings (SSSR count). The lowest BCUT2D eigenvalue weighted by Gasteiger charge is -2.20. The van der Waals surface area contributed by atoms with E-state index in [9.17, 15) is 17.6 Å². The maximum Gasteiger partial charge on any atom is 0.270 e. The molecule has 2 unspecified atom stereocenters. The number of carbonyl (C=O) groups is 1. The molecule has 1 fully saturated rings. The number of aromatic amines is 1. The van der Waals surface area contributed by atoms with E-state index in [1.54, 1.807) is 4.90 Å². The van der Waals surface area contributed by atoms with Crippen molar-refractivity contribution in [2.24, 2.45) is 11.7 Å². The number of nitrogens with one attached hydrogen (secondary N) is 2. The van der Waals surface area contributed by atoms with Crippen molar-refractivity contribution in [3.63, 3.8) is 0 Å². The molecule has 1 aromatic heterocycles. The Labute approximate surface area is 151 Å². The largest absolute Gasteiger partial charge is 0.356 e. The van der Waals surface area contributed by atoms with E-state index >= 15 is 0 Å². The molecule has 0 radical (unpaired) electrons. The third-order valence-electron chi connectivity index (χ3n) is 4.57. The zero-order valence-corrected chi connectivity index (χ0v) is 15.1. The molecular weight excluding hydrogens is 359 g/mol. The number of para-hydroxylation sites is 1. The summed E-state index contributed by atoms with van der Waals surface area (Å²) in [7, 11) is -4.01. The van der Waals surface area contributed by atoms with Gasteiger partial charge in [0.05, 0.1) is 5.69 Å². The van der Waals surface area contributed by atoms with E-state index in [0.717, 1.165) is 12.5 Å². The first-order valence-corrected chi connectivity index (χ1v) is 9.77. The van der Waals surface area contributed by atoms with Gasteiger partial charge >= 0.3 is 0 Å². The second-order valence-corrected chi connectivity index (χ2v) is 8.16. The third kappa shape index (κ3) is 3.58. The SMILES string of the molecule is CC1CC(CN)CN1C(=O)c1cc(S(=O)(=O)Nc2ccccc2F)c[nH]1. The van der Waals surface area contributed by atoms with E-state index < -0.39 is 15.8 Å². The van der Waals surface area contributed by atoms with Crippen molar-refractivity contribution in [2.75, 3.05) is 17.8 Å². The number of likely N-dealkylation sites (tertiary alicyclic amines) is 1. The molecule has 1 amide bonds. The van der Waals surface area contributed by atoms with Gasteiger partial charge in [0, 0.05) is 18.8 Å². The first-order valence-electron chi connectivity index (χ1n) is 8.28. The van der Waals surface area contributed by atoms with Crippen LogP contribution in [0.2, 0.25) is 0 Å². The first kappa shape index (κ1) is 18.4. The molecular formula is C17H21FN4O3S. The molecule has 26 heavy (non-hydrogen) atoms. The van der Waals surface area contributed by atoms with Crippen molar-refractivity contribution >= 4 is 21.6 Å². The Morgan fingerprint density at radius 2 is 2.15 bits per heavy atom. The van der Waals surface area contributed by atoms with Crippen molar-refractivity contribution < 1.29 is 17.6 Å². The van der Waals surface area contributed by atoms with Gasteiger partial charge in [0.15, 0.2) is 0 Å². The lowest BCUT2D eigenvalue weighted by atomic mass is 10.1. The minimum atomic E-state index is -4.01. The first-order chi connectivity index (χ1) is 12.3. The Morgan fingerprint density at radius 3 is 2.81 bits per heavy atom. The third-order valence-corrected chi connectivity index (χ3v) is 5.92. The molecule has 140 valence electrons. The van der Waals surface area contributed by atoms with Gasteiger partial charge in [-0.15, -0.1) is 0 Å². The van der Waals surface area contributed by atoms with Crippen molar-refractivity contribution in [3.8, 4) is 0 Å². The summed E-state index contributed by atoms with van der Waals surface area (Å²) in [5.74, 6) is -0.711. The zero-order valence-electron chi connectivity index (χ0n) is 14.3. The number of sulfonamides is 1. The fourth-order valence-electron chi connectivity index (χ4n) is 3.15. The summed E-state index contributed by atoms with van der Waals surface area (Å²) in [6, 6.07) is 6.77. The number of nitrogens with zero attached hydrogens (tertiary/aromatic N) is 1. The molecule has 0 saturated carbocycles.